The highest BCUT2D eigenvalue weighted by molar-refractivity contribution is 7.92. The number of ether oxygens (including phenoxy) is 3. The number of carbonyl (C=O) groups excluding carboxylic acids is 1. The number of nitrogens with zero attached hydrogens (tertiary/aromatic N) is 1. The fourth-order valence-electron chi connectivity index (χ4n) is 2.85. The van der Waals surface area contributed by atoms with E-state index >= 15 is 0 Å². The molecule has 0 aliphatic carbocycles. The molecule has 0 bridgehead atoms. The number of carbonyl (C=O) groups is 1. The molecule has 0 spiro atoms. The van der Waals surface area contributed by atoms with E-state index in [1.54, 1.807) is 62.6 Å². The zero-order valence-corrected chi connectivity index (χ0v) is 18.6. The van der Waals surface area contributed by atoms with Crippen LogP contribution in [0.15, 0.2) is 48.5 Å². The lowest BCUT2D eigenvalue weighted by molar-refractivity contribution is -0.122. The lowest BCUT2D eigenvalue weighted by atomic mass is 10.2. The summed E-state index contributed by atoms with van der Waals surface area (Å²) in [5.41, 5.74) is 0.349. The van der Waals surface area contributed by atoms with Crippen molar-refractivity contribution in [2.75, 3.05) is 31.4 Å². The molecule has 0 aromatic heterocycles. The smallest absolute Gasteiger partial charge is 0.243 e. The van der Waals surface area contributed by atoms with E-state index in [4.69, 9.17) is 14.2 Å². The van der Waals surface area contributed by atoms with E-state index in [9.17, 15) is 13.2 Å². The van der Waals surface area contributed by atoms with E-state index in [2.05, 4.69) is 5.32 Å². The van der Waals surface area contributed by atoms with Gasteiger partial charge in [-0.15, -0.1) is 0 Å². The molecule has 30 heavy (non-hydrogen) atoms. The molecule has 2 aromatic carbocycles. The number of nitrogens with one attached hydrogen (secondary N) is 1. The Balaban J connectivity index is 2.05. The largest absolute Gasteiger partial charge is 0.497 e. The summed E-state index contributed by atoms with van der Waals surface area (Å²) in [5.74, 6) is 1.42. The highest BCUT2D eigenvalue weighted by atomic mass is 32.2. The Bertz CT molecular complexity index is 946. The van der Waals surface area contributed by atoms with Gasteiger partial charge in [0, 0.05) is 6.07 Å². The first-order valence-corrected chi connectivity index (χ1v) is 11.2. The molecule has 164 valence electrons. The summed E-state index contributed by atoms with van der Waals surface area (Å²) in [7, 11) is -0.637. The van der Waals surface area contributed by atoms with E-state index in [1.807, 2.05) is 0 Å². The molecule has 0 unspecified atom stereocenters. The minimum Gasteiger partial charge on any atom is -0.497 e. The molecule has 0 aliphatic heterocycles. The van der Waals surface area contributed by atoms with Crippen molar-refractivity contribution in [2.24, 2.45) is 0 Å². The summed E-state index contributed by atoms with van der Waals surface area (Å²) in [6, 6.07) is 12.3. The van der Waals surface area contributed by atoms with Gasteiger partial charge in [-0.1, -0.05) is 6.07 Å². The van der Waals surface area contributed by atoms with Crippen LogP contribution in [0.2, 0.25) is 0 Å². The van der Waals surface area contributed by atoms with Crippen LogP contribution in [0.3, 0.4) is 0 Å². The summed E-state index contributed by atoms with van der Waals surface area (Å²) in [6.07, 6.45) is 1.06. The van der Waals surface area contributed by atoms with Gasteiger partial charge in [-0.05, 0) is 50.2 Å². The lowest BCUT2D eigenvalue weighted by Gasteiger charge is -2.29. The van der Waals surface area contributed by atoms with Gasteiger partial charge >= 0.3 is 0 Å². The van der Waals surface area contributed by atoms with E-state index < -0.39 is 22.0 Å². The predicted molar refractivity (Wildman–Crippen MR) is 116 cm³/mol. The number of hydrogen-bond acceptors (Lipinski definition) is 6. The molecule has 2 rings (SSSR count). The molecule has 1 amide bonds. The second kappa shape index (κ2) is 10.2. The number of amides is 1. The van der Waals surface area contributed by atoms with Crippen molar-refractivity contribution in [3.63, 3.8) is 0 Å². The zero-order chi connectivity index (χ0) is 22.3. The summed E-state index contributed by atoms with van der Waals surface area (Å²) >= 11 is 0. The van der Waals surface area contributed by atoms with E-state index in [-0.39, 0.29) is 12.6 Å². The lowest BCUT2D eigenvalue weighted by Crippen LogP contribution is -2.50. The van der Waals surface area contributed by atoms with Crippen molar-refractivity contribution in [1.29, 1.82) is 0 Å². The van der Waals surface area contributed by atoms with Gasteiger partial charge in [-0.2, -0.15) is 0 Å². The van der Waals surface area contributed by atoms with Crippen LogP contribution in [0.25, 0.3) is 0 Å². The van der Waals surface area contributed by atoms with Gasteiger partial charge in [0.05, 0.1) is 32.2 Å². The molecular weight excluding hydrogens is 408 g/mol. The Morgan fingerprint density at radius 1 is 1.00 bits per heavy atom. The maximum atomic E-state index is 12.7. The average Bonchev–Trinajstić information content (AvgIpc) is 2.71. The highest BCUT2D eigenvalue weighted by Gasteiger charge is 2.30. The molecule has 9 heteroatoms. The van der Waals surface area contributed by atoms with Crippen molar-refractivity contribution in [1.82, 2.24) is 5.32 Å². The molecule has 8 nitrogen and oxygen atoms in total. The Labute approximate surface area is 177 Å². The SMILES string of the molecule is COc1ccc(OC[C@@H](C)NC(=O)[C@@H](C)N(c2cccc(OC)c2)S(C)(=O)=O)cc1. The van der Waals surface area contributed by atoms with Gasteiger partial charge in [-0.25, -0.2) is 8.42 Å². The number of rotatable bonds is 10. The van der Waals surface area contributed by atoms with Crippen LogP contribution >= 0.6 is 0 Å². The fraction of sp³-hybridized carbons (Fsp3) is 0.381. The Kier molecular flexibility index (Phi) is 7.93. The maximum Gasteiger partial charge on any atom is 0.243 e. The van der Waals surface area contributed by atoms with Crippen LogP contribution in [-0.2, 0) is 14.8 Å². The molecule has 0 saturated carbocycles. The number of methoxy groups -OCH3 is 2. The predicted octanol–water partition coefficient (Wildman–Crippen LogP) is 2.44. The van der Waals surface area contributed by atoms with Crippen LogP contribution < -0.4 is 23.8 Å². The molecule has 0 radical (unpaired) electrons. The third kappa shape index (κ3) is 6.28. The first-order valence-electron chi connectivity index (χ1n) is 9.36. The second-order valence-electron chi connectivity index (χ2n) is 6.83. The molecule has 0 saturated heterocycles. The first-order chi connectivity index (χ1) is 14.2. The van der Waals surface area contributed by atoms with E-state index in [1.165, 1.54) is 14.0 Å². The fourth-order valence-corrected chi connectivity index (χ4v) is 4.02. The van der Waals surface area contributed by atoms with Crippen LogP contribution in [0.5, 0.6) is 17.2 Å². The van der Waals surface area contributed by atoms with Crippen molar-refractivity contribution in [3.8, 4) is 17.2 Å². The van der Waals surface area contributed by atoms with Crippen molar-refractivity contribution in [3.05, 3.63) is 48.5 Å². The van der Waals surface area contributed by atoms with Gasteiger partial charge in [0.1, 0.15) is 29.9 Å². The third-order valence-electron chi connectivity index (χ3n) is 4.34. The number of anilines is 1. The third-order valence-corrected chi connectivity index (χ3v) is 5.59. The maximum absolute atomic E-state index is 12.7. The van der Waals surface area contributed by atoms with Gasteiger partial charge in [0.2, 0.25) is 15.9 Å². The average molecular weight is 437 g/mol. The van der Waals surface area contributed by atoms with Crippen LogP contribution in [0.1, 0.15) is 13.8 Å². The van der Waals surface area contributed by atoms with E-state index in [0.29, 0.717) is 17.2 Å². The highest BCUT2D eigenvalue weighted by Crippen LogP contribution is 2.25. The summed E-state index contributed by atoms with van der Waals surface area (Å²) in [4.78, 5) is 12.7. The van der Waals surface area contributed by atoms with Crippen molar-refractivity contribution in [2.45, 2.75) is 25.9 Å². The molecule has 0 aliphatic rings. The number of hydrogen-bond donors (Lipinski definition) is 1. The molecule has 2 atom stereocenters. The minimum atomic E-state index is -3.71. The first kappa shape index (κ1) is 23.3. The number of benzene rings is 2. The zero-order valence-electron chi connectivity index (χ0n) is 17.8. The molecular formula is C21H28N2O6S. The normalized spacial score (nSPS) is 13.1. The molecule has 0 fully saturated rings. The van der Waals surface area contributed by atoms with Gasteiger partial charge in [0.25, 0.3) is 0 Å². The van der Waals surface area contributed by atoms with Crippen LogP contribution in [-0.4, -0.2) is 53.5 Å². The standard InChI is InChI=1S/C21H28N2O6S/c1-15(14-29-19-11-9-18(27-3)10-12-19)22-21(24)16(2)23(30(5,25)26)17-7-6-8-20(13-17)28-4/h6-13,15-16H,14H2,1-5H3,(H,22,24)/t15-,16-/m1/s1. The Morgan fingerprint density at radius 3 is 2.17 bits per heavy atom. The van der Waals surface area contributed by atoms with Gasteiger partial charge in [0.15, 0.2) is 0 Å². The van der Waals surface area contributed by atoms with Crippen molar-refractivity contribution >= 4 is 21.6 Å². The Hall–Kier alpha value is -2.94. The summed E-state index contributed by atoms with van der Waals surface area (Å²) < 4.78 is 41.8. The van der Waals surface area contributed by atoms with Gasteiger partial charge in [-0.3, -0.25) is 9.10 Å². The van der Waals surface area contributed by atoms with Crippen molar-refractivity contribution < 1.29 is 27.4 Å². The Morgan fingerprint density at radius 2 is 1.60 bits per heavy atom. The van der Waals surface area contributed by atoms with Crippen LogP contribution in [0.4, 0.5) is 5.69 Å². The second-order valence-corrected chi connectivity index (χ2v) is 8.69. The monoisotopic (exact) mass is 436 g/mol. The topological polar surface area (TPSA) is 94.2 Å². The quantitative estimate of drug-likeness (QED) is 0.615. The summed E-state index contributed by atoms with van der Waals surface area (Å²) in [6.45, 7) is 3.54. The molecule has 1 N–H and O–H groups in total. The molecule has 0 heterocycles. The van der Waals surface area contributed by atoms with Crippen LogP contribution in [0, 0.1) is 0 Å². The molecule has 2 aromatic rings. The minimum absolute atomic E-state index is 0.225. The summed E-state index contributed by atoms with van der Waals surface area (Å²) in [5, 5.41) is 2.80. The number of sulfonamides is 1. The van der Waals surface area contributed by atoms with E-state index in [0.717, 1.165) is 16.3 Å². The van der Waals surface area contributed by atoms with Gasteiger partial charge < -0.3 is 19.5 Å².